The van der Waals surface area contributed by atoms with Gasteiger partial charge in [0, 0.05) is 17.4 Å². The number of sulfonamides is 1. The number of nitrogens with one attached hydrogen (secondary N) is 1. The molecule has 4 rings (SSSR count). The van der Waals surface area contributed by atoms with E-state index in [9.17, 15) is 22.8 Å². The first-order valence-corrected chi connectivity index (χ1v) is 11.5. The van der Waals surface area contributed by atoms with E-state index in [1.165, 1.54) is 60.3 Å². The summed E-state index contributed by atoms with van der Waals surface area (Å²) in [5.41, 5.74) is 1.18. The second-order valence-corrected chi connectivity index (χ2v) is 9.01. The van der Waals surface area contributed by atoms with Crippen molar-refractivity contribution >= 4 is 32.8 Å². The van der Waals surface area contributed by atoms with E-state index >= 15 is 0 Å². The first-order valence-electron chi connectivity index (χ1n) is 10.1. The van der Waals surface area contributed by atoms with Crippen LogP contribution >= 0.6 is 0 Å². The third-order valence-corrected chi connectivity index (χ3v) is 6.51. The highest BCUT2D eigenvalue weighted by Gasteiger charge is 2.19. The summed E-state index contributed by atoms with van der Waals surface area (Å²) < 4.78 is 33.3. The van der Waals surface area contributed by atoms with Gasteiger partial charge in [0.05, 0.1) is 34.2 Å². The summed E-state index contributed by atoms with van der Waals surface area (Å²) in [4.78, 5) is 41.5. The lowest BCUT2D eigenvalue weighted by molar-refractivity contribution is 0.0599. The Labute approximate surface area is 194 Å². The number of fused-ring (bicyclic) bond motifs is 1. The van der Waals surface area contributed by atoms with E-state index in [2.05, 4.69) is 4.98 Å². The van der Waals surface area contributed by atoms with E-state index in [-0.39, 0.29) is 21.4 Å². The summed E-state index contributed by atoms with van der Waals surface area (Å²) in [6.45, 7) is 1.65. The van der Waals surface area contributed by atoms with Gasteiger partial charge in [-0.1, -0.05) is 18.2 Å². The van der Waals surface area contributed by atoms with E-state index in [4.69, 9.17) is 4.74 Å². The molecule has 2 aromatic heterocycles. The van der Waals surface area contributed by atoms with Crippen molar-refractivity contribution in [2.45, 2.75) is 11.8 Å². The molecule has 0 saturated heterocycles. The van der Waals surface area contributed by atoms with Gasteiger partial charge >= 0.3 is 5.97 Å². The Kier molecular flexibility index (Phi) is 5.99. The lowest BCUT2D eigenvalue weighted by Gasteiger charge is -2.11. The SMILES string of the molecule is COC(=O)c1cc2c(=O)n(-c3ccc(S(=O)(=O)NC(=O)c4ccccc4)cc3)ccc2nc1C. The van der Waals surface area contributed by atoms with Gasteiger partial charge < -0.3 is 4.74 Å². The summed E-state index contributed by atoms with van der Waals surface area (Å²) in [5, 5.41) is 0.209. The number of aryl methyl sites for hydroxylation is 1. The normalized spacial score (nSPS) is 11.2. The van der Waals surface area contributed by atoms with E-state index in [1.54, 1.807) is 31.2 Å². The molecule has 0 unspecified atom stereocenters. The fourth-order valence-electron chi connectivity index (χ4n) is 3.40. The Bertz CT molecular complexity index is 1580. The zero-order chi connectivity index (χ0) is 24.5. The van der Waals surface area contributed by atoms with Crippen LogP contribution in [-0.2, 0) is 14.8 Å². The van der Waals surface area contributed by atoms with Crippen molar-refractivity contribution in [3.05, 3.63) is 100 Å². The molecule has 0 aliphatic carbocycles. The molecular formula is C24H19N3O6S. The fraction of sp³-hybridized carbons (Fsp3) is 0.0833. The number of carbonyl (C=O) groups is 2. The molecular weight excluding hydrogens is 458 g/mol. The van der Waals surface area contributed by atoms with Crippen molar-refractivity contribution in [3.8, 4) is 5.69 Å². The zero-order valence-corrected chi connectivity index (χ0v) is 19.0. The summed E-state index contributed by atoms with van der Waals surface area (Å²) >= 11 is 0. The Morgan fingerprint density at radius 2 is 1.68 bits per heavy atom. The van der Waals surface area contributed by atoms with Crippen LogP contribution in [0.1, 0.15) is 26.4 Å². The zero-order valence-electron chi connectivity index (χ0n) is 18.2. The second kappa shape index (κ2) is 8.91. The van der Waals surface area contributed by atoms with Gasteiger partial charge in [-0.05, 0) is 55.5 Å². The van der Waals surface area contributed by atoms with Gasteiger partial charge in [0.15, 0.2) is 0 Å². The lowest BCUT2D eigenvalue weighted by Crippen LogP contribution is -2.30. The molecule has 4 aromatic rings. The number of methoxy groups -OCH3 is 1. The van der Waals surface area contributed by atoms with E-state index in [1.807, 2.05) is 4.72 Å². The minimum absolute atomic E-state index is 0.139. The quantitative estimate of drug-likeness (QED) is 0.438. The maximum atomic E-state index is 13.1. The highest BCUT2D eigenvalue weighted by Crippen LogP contribution is 2.17. The average Bonchev–Trinajstić information content (AvgIpc) is 2.84. The topological polar surface area (TPSA) is 124 Å². The summed E-state index contributed by atoms with van der Waals surface area (Å²) in [7, 11) is -2.88. The maximum absolute atomic E-state index is 13.1. The molecule has 9 nitrogen and oxygen atoms in total. The van der Waals surface area contributed by atoms with Gasteiger partial charge in [0.2, 0.25) is 0 Å². The van der Waals surface area contributed by atoms with Crippen LogP contribution in [0.25, 0.3) is 16.6 Å². The molecule has 0 bridgehead atoms. The van der Waals surface area contributed by atoms with Gasteiger partial charge in [-0.3, -0.25) is 19.1 Å². The number of esters is 1. The third kappa shape index (κ3) is 4.30. The van der Waals surface area contributed by atoms with Gasteiger partial charge in [0.1, 0.15) is 0 Å². The van der Waals surface area contributed by atoms with Crippen molar-refractivity contribution in [1.82, 2.24) is 14.3 Å². The molecule has 10 heteroatoms. The number of pyridine rings is 2. The molecule has 0 atom stereocenters. The Morgan fingerprint density at radius 1 is 1.00 bits per heavy atom. The van der Waals surface area contributed by atoms with Crippen LogP contribution in [0.4, 0.5) is 0 Å². The summed E-state index contributed by atoms with van der Waals surface area (Å²) in [5.74, 6) is -1.35. The predicted molar refractivity (Wildman–Crippen MR) is 125 cm³/mol. The first-order chi connectivity index (χ1) is 16.2. The van der Waals surface area contributed by atoms with Crippen LogP contribution in [0.3, 0.4) is 0 Å². The lowest BCUT2D eigenvalue weighted by atomic mass is 10.1. The number of hydrogen-bond donors (Lipinski definition) is 1. The van der Waals surface area contributed by atoms with Crippen LogP contribution in [-0.4, -0.2) is 37.0 Å². The molecule has 0 radical (unpaired) electrons. The van der Waals surface area contributed by atoms with E-state index in [0.717, 1.165) is 0 Å². The average molecular weight is 477 g/mol. The number of benzene rings is 2. The first kappa shape index (κ1) is 22.9. The van der Waals surface area contributed by atoms with Crippen LogP contribution in [0.2, 0.25) is 0 Å². The fourth-order valence-corrected chi connectivity index (χ4v) is 4.37. The number of aromatic nitrogens is 2. The van der Waals surface area contributed by atoms with E-state index in [0.29, 0.717) is 16.9 Å². The van der Waals surface area contributed by atoms with Crippen LogP contribution < -0.4 is 10.3 Å². The van der Waals surface area contributed by atoms with Crippen molar-refractivity contribution in [1.29, 1.82) is 0 Å². The number of carbonyl (C=O) groups excluding carboxylic acids is 2. The standard InChI is InChI=1S/C24H19N3O6S/c1-15-19(24(30)33-2)14-20-21(25-15)12-13-27(23(20)29)17-8-10-18(11-9-17)34(31,32)26-22(28)16-6-4-3-5-7-16/h3-14H,1-2H3,(H,26,28). The molecule has 0 aliphatic rings. The van der Waals surface area contributed by atoms with Crippen molar-refractivity contribution in [2.24, 2.45) is 0 Å². The Morgan fingerprint density at radius 3 is 2.32 bits per heavy atom. The number of rotatable bonds is 5. The van der Waals surface area contributed by atoms with Gasteiger partial charge in [-0.2, -0.15) is 0 Å². The molecule has 0 spiro atoms. The minimum Gasteiger partial charge on any atom is -0.465 e. The Hall–Kier alpha value is -4.31. The number of amides is 1. The molecule has 0 aliphatic heterocycles. The summed E-state index contributed by atoms with van der Waals surface area (Å²) in [6.07, 6.45) is 1.51. The van der Waals surface area contributed by atoms with Gasteiger partial charge in [-0.15, -0.1) is 0 Å². The maximum Gasteiger partial charge on any atom is 0.339 e. The van der Waals surface area contributed by atoms with Crippen molar-refractivity contribution in [2.75, 3.05) is 7.11 Å². The molecule has 172 valence electrons. The number of nitrogens with zero attached hydrogens (tertiary/aromatic N) is 2. The highest BCUT2D eigenvalue weighted by molar-refractivity contribution is 7.90. The highest BCUT2D eigenvalue weighted by atomic mass is 32.2. The molecule has 1 amide bonds. The molecule has 2 aromatic carbocycles. The molecule has 34 heavy (non-hydrogen) atoms. The Balaban J connectivity index is 1.67. The molecule has 1 N–H and O–H groups in total. The van der Waals surface area contributed by atoms with Crippen LogP contribution in [0, 0.1) is 6.92 Å². The second-order valence-electron chi connectivity index (χ2n) is 7.33. The number of hydrogen-bond acceptors (Lipinski definition) is 7. The van der Waals surface area contributed by atoms with Crippen molar-refractivity contribution < 1.29 is 22.7 Å². The minimum atomic E-state index is -4.12. The van der Waals surface area contributed by atoms with Crippen LogP contribution in [0.15, 0.2) is 82.6 Å². The largest absolute Gasteiger partial charge is 0.465 e. The van der Waals surface area contributed by atoms with Gasteiger partial charge in [-0.25, -0.2) is 17.9 Å². The monoisotopic (exact) mass is 477 g/mol. The molecule has 0 fully saturated rings. The van der Waals surface area contributed by atoms with Gasteiger partial charge in [0.25, 0.3) is 21.5 Å². The van der Waals surface area contributed by atoms with Crippen LogP contribution in [0.5, 0.6) is 0 Å². The van der Waals surface area contributed by atoms with E-state index < -0.39 is 27.5 Å². The smallest absolute Gasteiger partial charge is 0.339 e. The number of ether oxygens (including phenoxy) is 1. The molecule has 2 heterocycles. The van der Waals surface area contributed by atoms with Crippen molar-refractivity contribution in [3.63, 3.8) is 0 Å². The molecule has 0 saturated carbocycles. The third-order valence-electron chi connectivity index (χ3n) is 5.17. The predicted octanol–water partition coefficient (Wildman–Crippen LogP) is 2.60. The summed E-state index contributed by atoms with van der Waals surface area (Å²) in [6, 6.07) is 16.5.